The van der Waals surface area contributed by atoms with Crippen LogP contribution in [0.2, 0.25) is 0 Å². The summed E-state index contributed by atoms with van der Waals surface area (Å²) >= 11 is 0. The molecule has 0 atom stereocenters. The maximum absolute atomic E-state index is 12.0. The first-order valence-electron chi connectivity index (χ1n) is 6.99. The third-order valence-electron chi connectivity index (χ3n) is 3.19. The molecule has 1 amide bonds. The van der Waals surface area contributed by atoms with Crippen LogP contribution < -0.4 is 14.8 Å². The van der Waals surface area contributed by atoms with Crippen LogP contribution in [-0.2, 0) is 4.79 Å². The summed E-state index contributed by atoms with van der Waals surface area (Å²) in [4.78, 5) is 22.3. The Morgan fingerprint density at radius 1 is 1.12 bits per heavy atom. The molecule has 0 unspecified atom stereocenters. The van der Waals surface area contributed by atoms with Crippen molar-refractivity contribution in [2.45, 2.75) is 0 Å². The van der Waals surface area contributed by atoms with Gasteiger partial charge in [-0.05, 0) is 29.8 Å². The second-order valence-corrected chi connectivity index (χ2v) is 4.71. The van der Waals surface area contributed by atoms with Gasteiger partial charge in [-0.15, -0.1) is 0 Å². The molecular weight excluding hydrogens is 312 g/mol. The van der Waals surface area contributed by atoms with Gasteiger partial charge >= 0.3 is 0 Å². The lowest BCUT2D eigenvalue weighted by Gasteiger charge is -2.07. The number of methoxy groups -OCH3 is 2. The van der Waals surface area contributed by atoms with E-state index in [0.717, 1.165) is 5.56 Å². The fourth-order valence-electron chi connectivity index (χ4n) is 2.04. The number of carbonyl (C=O) groups is 1. The first-order valence-corrected chi connectivity index (χ1v) is 6.99. The standard InChI is InChI=1S/C17H16N2O5/c1-23-15-9-7-12(11-16(15)24-2)8-10-17(20)18-13-5-3-4-6-14(13)19(21)22/h3-11H,1-2H3,(H,18,20)/b10-8+. The molecule has 0 radical (unpaired) electrons. The molecule has 0 saturated heterocycles. The molecule has 0 bridgehead atoms. The van der Waals surface area contributed by atoms with E-state index in [9.17, 15) is 14.9 Å². The van der Waals surface area contributed by atoms with Gasteiger partial charge < -0.3 is 14.8 Å². The number of hydrogen-bond donors (Lipinski definition) is 1. The Labute approximate surface area is 138 Å². The summed E-state index contributed by atoms with van der Waals surface area (Å²) in [6.45, 7) is 0. The van der Waals surface area contributed by atoms with Crippen LogP contribution in [0.3, 0.4) is 0 Å². The first kappa shape index (κ1) is 17.0. The Bertz CT molecular complexity index is 786. The number of ether oxygens (including phenoxy) is 2. The fourth-order valence-corrected chi connectivity index (χ4v) is 2.04. The Kier molecular flexibility index (Phi) is 5.51. The monoisotopic (exact) mass is 328 g/mol. The molecule has 0 aliphatic rings. The Hall–Kier alpha value is -3.35. The summed E-state index contributed by atoms with van der Waals surface area (Å²) < 4.78 is 10.3. The minimum absolute atomic E-state index is 0.143. The lowest BCUT2D eigenvalue weighted by Crippen LogP contribution is -2.09. The molecule has 0 aromatic heterocycles. The van der Waals surface area contributed by atoms with E-state index in [1.807, 2.05) is 0 Å². The van der Waals surface area contributed by atoms with E-state index in [1.54, 1.807) is 30.3 Å². The highest BCUT2D eigenvalue weighted by atomic mass is 16.6. The first-order chi connectivity index (χ1) is 11.5. The van der Waals surface area contributed by atoms with E-state index in [-0.39, 0.29) is 11.4 Å². The molecule has 0 aliphatic heterocycles. The van der Waals surface area contributed by atoms with Crippen LogP contribution in [0.4, 0.5) is 11.4 Å². The molecule has 2 aromatic rings. The number of nitrogens with zero attached hydrogens (tertiary/aromatic N) is 1. The van der Waals surface area contributed by atoms with Gasteiger partial charge in [-0.25, -0.2) is 0 Å². The predicted molar refractivity (Wildman–Crippen MR) is 90.3 cm³/mol. The van der Waals surface area contributed by atoms with Gasteiger partial charge in [0.15, 0.2) is 11.5 Å². The molecule has 7 nitrogen and oxygen atoms in total. The zero-order valence-corrected chi connectivity index (χ0v) is 13.2. The van der Waals surface area contributed by atoms with Crippen LogP contribution in [0.15, 0.2) is 48.5 Å². The van der Waals surface area contributed by atoms with Crippen molar-refractivity contribution in [2.75, 3.05) is 19.5 Å². The lowest BCUT2D eigenvalue weighted by molar-refractivity contribution is -0.383. The zero-order valence-electron chi connectivity index (χ0n) is 13.2. The van der Waals surface area contributed by atoms with Crippen molar-refractivity contribution in [2.24, 2.45) is 0 Å². The van der Waals surface area contributed by atoms with Gasteiger partial charge in [-0.2, -0.15) is 0 Å². The normalized spacial score (nSPS) is 10.4. The second kappa shape index (κ2) is 7.77. The molecule has 24 heavy (non-hydrogen) atoms. The molecule has 1 N–H and O–H groups in total. The van der Waals surface area contributed by atoms with Gasteiger partial charge in [0, 0.05) is 12.1 Å². The van der Waals surface area contributed by atoms with E-state index < -0.39 is 10.8 Å². The number of anilines is 1. The maximum Gasteiger partial charge on any atom is 0.292 e. The minimum Gasteiger partial charge on any atom is -0.493 e. The van der Waals surface area contributed by atoms with Gasteiger partial charge in [-0.3, -0.25) is 14.9 Å². The van der Waals surface area contributed by atoms with E-state index in [1.165, 1.54) is 38.5 Å². The van der Waals surface area contributed by atoms with Crippen LogP contribution in [0.1, 0.15) is 5.56 Å². The molecule has 124 valence electrons. The molecule has 0 heterocycles. The fraction of sp³-hybridized carbons (Fsp3) is 0.118. The smallest absolute Gasteiger partial charge is 0.292 e. The molecule has 7 heteroatoms. The largest absolute Gasteiger partial charge is 0.493 e. The molecule has 0 aliphatic carbocycles. The highest BCUT2D eigenvalue weighted by Crippen LogP contribution is 2.28. The summed E-state index contributed by atoms with van der Waals surface area (Å²) in [6.07, 6.45) is 2.87. The van der Waals surface area contributed by atoms with Crippen molar-refractivity contribution < 1.29 is 19.2 Å². The Morgan fingerprint density at radius 3 is 2.50 bits per heavy atom. The number of carbonyl (C=O) groups excluding carboxylic acids is 1. The van der Waals surface area contributed by atoms with E-state index in [4.69, 9.17) is 9.47 Å². The number of nitro benzene ring substituents is 1. The molecule has 2 aromatic carbocycles. The second-order valence-electron chi connectivity index (χ2n) is 4.71. The summed E-state index contributed by atoms with van der Waals surface area (Å²) in [5.41, 5.74) is 0.709. The van der Waals surface area contributed by atoms with Gasteiger partial charge in [0.05, 0.1) is 19.1 Å². The Balaban J connectivity index is 2.13. The van der Waals surface area contributed by atoms with Crippen molar-refractivity contribution in [3.05, 3.63) is 64.2 Å². The number of para-hydroxylation sites is 2. The van der Waals surface area contributed by atoms with Crippen molar-refractivity contribution in [3.63, 3.8) is 0 Å². The van der Waals surface area contributed by atoms with E-state index in [0.29, 0.717) is 11.5 Å². The number of rotatable bonds is 6. The number of nitro groups is 1. The molecule has 0 fully saturated rings. The van der Waals surface area contributed by atoms with Gasteiger partial charge in [0.2, 0.25) is 5.91 Å². The number of amides is 1. The minimum atomic E-state index is -0.548. The van der Waals surface area contributed by atoms with Crippen LogP contribution in [0.5, 0.6) is 11.5 Å². The Morgan fingerprint density at radius 2 is 1.83 bits per heavy atom. The maximum atomic E-state index is 12.0. The van der Waals surface area contributed by atoms with Gasteiger partial charge in [-0.1, -0.05) is 18.2 Å². The molecule has 0 saturated carbocycles. The number of hydrogen-bond acceptors (Lipinski definition) is 5. The number of benzene rings is 2. The third kappa shape index (κ3) is 4.10. The lowest BCUT2D eigenvalue weighted by atomic mass is 10.2. The summed E-state index contributed by atoms with van der Waals surface area (Å²) in [5, 5.41) is 13.4. The van der Waals surface area contributed by atoms with Crippen molar-refractivity contribution in [1.29, 1.82) is 0 Å². The molecular formula is C17H16N2O5. The predicted octanol–water partition coefficient (Wildman–Crippen LogP) is 3.26. The van der Waals surface area contributed by atoms with Crippen LogP contribution in [0.25, 0.3) is 6.08 Å². The number of nitrogens with one attached hydrogen (secondary N) is 1. The summed E-state index contributed by atoms with van der Waals surface area (Å²) in [7, 11) is 3.06. The van der Waals surface area contributed by atoms with E-state index >= 15 is 0 Å². The van der Waals surface area contributed by atoms with Gasteiger partial charge in [0.25, 0.3) is 5.69 Å². The van der Waals surface area contributed by atoms with Crippen LogP contribution in [0, 0.1) is 10.1 Å². The van der Waals surface area contributed by atoms with Crippen molar-refractivity contribution in [1.82, 2.24) is 0 Å². The average molecular weight is 328 g/mol. The topological polar surface area (TPSA) is 90.7 Å². The molecule has 0 spiro atoms. The van der Waals surface area contributed by atoms with E-state index in [2.05, 4.69) is 5.32 Å². The van der Waals surface area contributed by atoms with Crippen LogP contribution >= 0.6 is 0 Å². The zero-order chi connectivity index (χ0) is 17.5. The summed E-state index contributed by atoms with van der Waals surface area (Å²) in [6, 6.07) is 11.1. The van der Waals surface area contributed by atoms with Crippen molar-refractivity contribution in [3.8, 4) is 11.5 Å². The summed E-state index contributed by atoms with van der Waals surface area (Å²) in [5.74, 6) is 0.650. The van der Waals surface area contributed by atoms with Crippen molar-refractivity contribution >= 4 is 23.4 Å². The average Bonchev–Trinajstić information content (AvgIpc) is 2.59. The third-order valence-corrected chi connectivity index (χ3v) is 3.19. The van der Waals surface area contributed by atoms with Crippen LogP contribution in [-0.4, -0.2) is 25.1 Å². The quantitative estimate of drug-likeness (QED) is 0.499. The highest BCUT2D eigenvalue weighted by Gasteiger charge is 2.13. The van der Waals surface area contributed by atoms with Gasteiger partial charge in [0.1, 0.15) is 5.69 Å². The SMILES string of the molecule is COc1ccc(/C=C/C(=O)Nc2ccccc2[N+](=O)[O-])cc1OC. The highest BCUT2D eigenvalue weighted by molar-refractivity contribution is 6.03. The molecule has 2 rings (SSSR count).